The molecule has 1 N–H and O–H groups in total. The van der Waals surface area contributed by atoms with Crippen molar-refractivity contribution in [3.8, 4) is 5.75 Å². The highest BCUT2D eigenvalue weighted by atomic mass is 16.5. The average Bonchev–Trinajstić information content (AvgIpc) is 2.55. The lowest BCUT2D eigenvalue weighted by atomic mass is 10.0. The molecule has 0 bridgehead atoms. The van der Waals surface area contributed by atoms with Crippen molar-refractivity contribution in [1.29, 1.82) is 0 Å². The fraction of sp³-hybridized carbons (Fsp3) is 0.611. The Morgan fingerprint density at radius 3 is 2.74 bits per heavy atom. The highest BCUT2D eigenvalue weighted by Crippen LogP contribution is 2.22. The van der Waals surface area contributed by atoms with Gasteiger partial charge in [-0.1, -0.05) is 13.0 Å². The van der Waals surface area contributed by atoms with Crippen LogP contribution in [0, 0.1) is 0 Å². The van der Waals surface area contributed by atoms with E-state index in [-0.39, 0.29) is 11.3 Å². The zero-order chi connectivity index (χ0) is 17.0. The number of hydrogen-bond acceptors (Lipinski definition) is 5. The number of methoxy groups -OCH3 is 1. The predicted octanol–water partition coefficient (Wildman–Crippen LogP) is 2.48. The summed E-state index contributed by atoms with van der Waals surface area (Å²) in [6.45, 7) is 10.6. The second-order valence-corrected chi connectivity index (χ2v) is 6.47. The maximum atomic E-state index is 11.7. The molecule has 2 rings (SSSR count). The maximum Gasteiger partial charge on any atom is 0.341 e. The summed E-state index contributed by atoms with van der Waals surface area (Å²) in [6, 6.07) is 6.32. The Balaban J connectivity index is 2.07. The second-order valence-electron chi connectivity index (χ2n) is 6.47. The van der Waals surface area contributed by atoms with Crippen molar-refractivity contribution < 1.29 is 14.6 Å². The van der Waals surface area contributed by atoms with Gasteiger partial charge in [-0.05, 0) is 38.0 Å². The van der Waals surface area contributed by atoms with Gasteiger partial charge in [0.15, 0.2) is 0 Å². The number of ether oxygens (including phenoxy) is 1. The van der Waals surface area contributed by atoms with Crippen molar-refractivity contribution in [3.63, 3.8) is 0 Å². The number of rotatable bonds is 5. The van der Waals surface area contributed by atoms with Crippen LogP contribution in [0.15, 0.2) is 18.2 Å². The van der Waals surface area contributed by atoms with Crippen LogP contribution in [0.4, 0.5) is 0 Å². The summed E-state index contributed by atoms with van der Waals surface area (Å²) >= 11 is 0. The third kappa shape index (κ3) is 4.24. The summed E-state index contributed by atoms with van der Waals surface area (Å²) in [5.41, 5.74) is 1.26. The van der Waals surface area contributed by atoms with Crippen molar-refractivity contribution in [2.75, 3.05) is 26.7 Å². The number of aromatic hydroxyl groups is 1. The van der Waals surface area contributed by atoms with E-state index in [4.69, 9.17) is 4.74 Å². The number of esters is 1. The average molecular weight is 320 g/mol. The molecule has 1 atom stereocenters. The molecule has 1 aliphatic heterocycles. The first kappa shape index (κ1) is 17.8. The lowest BCUT2D eigenvalue weighted by Crippen LogP contribution is -2.54. The van der Waals surface area contributed by atoms with Gasteiger partial charge in [0.25, 0.3) is 0 Å². The van der Waals surface area contributed by atoms with Gasteiger partial charge in [0.1, 0.15) is 11.3 Å². The van der Waals surface area contributed by atoms with Crippen LogP contribution >= 0.6 is 0 Å². The van der Waals surface area contributed by atoms with Crippen molar-refractivity contribution in [1.82, 2.24) is 9.80 Å². The molecular weight excluding hydrogens is 292 g/mol. The molecule has 0 amide bonds. The van der Waals surface area contributed by atoms with E-state index < -0.39 is 5.97 Å². The van der Waals surface area contributed by atoms with Gasteiger partial charge in [-0.3, -0.25) is 9.80 Å². The summed E-state index contributed by atoms with van der Waals surface area (Å²) in [5.74, 6) is -0.530. The third-order valence-corrected chi connectivity index (χ3v) is 4.62. The summed E-state index contributed by atoms with van der Waals surface area (Å²) in [6.07, 6.45) is 1.14. The second kappa shape index (κ2) is 7.79. The molecule has 0 saturated carbocycles. The molecule has 128 valence electrons. The third-order valence-electron chi connectivity index (χ3n) is 4.62. The summed E-state index contributed by atoms with van der Waals surface area (Å²) in [4.78, 5) is 16.7. The van der Waals surface area contributed by atoms with Crippen LogP contribution in [0.5, 0.6) is 5.75 Å². The molecule has 0 unspecified atom stereocenters. The molecular formula is C18H28N2O3. The van der Waals surface area contributed by atoms with Gasteiger partial charge in [-0.25, -0.2) is 4.79 Å². The molecule has 5 heteroatoms. The van der Waals surface area contributed by atoms with Gasteiger partial charge in [0, 0.05) is 38.3 Å². The Morgan fingerprint density at radius 1 is 1.39 bits per heavy atom. The molecule has 1 aromatic carbocycles. The maximum absolute atomic E-state index is 11.7. The predicted molar refractivity (Wildman–Crippen MR) is 90.6 cm³/mol. The van der Waals surface area contributed by atoms with Crippen LogP contribution in [0.3, 0.4) is 0 Å². The Hall–Kier alpha value is -1.59. The van der Waals surface area contributed by atoms with Gasteiger partial charge in [0.05, 0.1) is 7.11 Å². The number of phenolic OH excluding ortho intramolecular Hbond substituents is 1. The minimum absolute atomic E-state index is 0.0309. The van der Waals surface area contributed by atoms with E-state index in [1.165, 1.54) is 7.11 Å². The van der Waals surface area contributed by atoms with Gasteiger partial charge in [0.2, 0.25) is 0 Å². The quantitative estimate of drug-likeness (QED) is 0.845. The zero-order valence-electron chi connectivity index (χ0n) is 14.6. The molecule has 0 radical (unpaired) electrons. The van der Waals surface area contributed by atoms with Gasteiger partial charge in [-0.2, -0.15) is 0 Å². The van der Waals surface area contributed by atoms with E-state index in [1.54, 1.807) is 12.1 Å². The number of nitrogens with zero attached hydrogens (tertiary/aromatic N) is 2. The fourth-order valence-corrected chi connectivity index (χ4v) is 3.33. The normalized spacial score (nSPS) is 20.0. The highest BCUT2D eigenvalue weighted by molar-refractivity contribution is 5.92. The first-order chi connectivity index (χ1) is 11.0. The van der Waals surface area contributed by atoms with E-state index in [0.29, 0.717) is 12.1 Å². The highest BCUT2D eigenvalue weighted by Gasteiger charge is 2.27. The topological polar surface area (TPSA) is 53.0 Å². The van der Waals surface area contributed by atoms with Gasteiger partial charge in [-0.15, -0.1) is 0 Å². The Bertz CT molecular complexity index is 545. The summed E-state index contributed by atoms with van der Waals surface area (Å²) in [5, 5.41) is 9.80. The van der Waals surface area contributed by atoms with Crippen LogP contribution in [0.25, 0.3) is 0 Å². The molecule has 0 spiro atoms. The SMILES string of the molecule is CC[C@@H]1CN(Cc2ccc(O)c(C(=O)OC)c2)CCN1C(C)C. The standard InChI is InChI=1S/C18H28N2O3/c1-5-15-12-19(8-9-20(15)13(2)3)11-14-6-7-17(21)16(10-14)18(22)23-4/h6-7,10,13,15,21H,5,8-9,11-12H2,1-4H3/t15-/m1/s1. The van der Waals surface area contributed by atoms with Crippen molar-refractivity contribution >= 4 is 5.97 Å². The molecule has 1 saturated heterocycles. The molecule has 1 heterocycles. The zero-order valence-corrected chi connectivity index (χ0v) is 14.6. The van der Waals surface area contributed by atoms with Crippen molar-refractivity contribution in [2.45, 2.75) is 45.8 Å². The monoisotopic (exact) mass is 320 g/mol. The van der Waals surface area contributed by atoms with Crippen molar-refractivity contribution in [3.05, 3.63) is 29.3 Å². The molecule has 23 heavy (non-hydrogen) atoms. The number of piperazine rings is 1. The molecule has 1 aliphatic rings. The number of carbonyl (C=O) groups is 1. The first-order valence-corrected chi connectivity index (χ1v) is 8.34. The molecule has 1 fully saturated rings. The lowest BCUT2D eigenvalue weighted by molar-refractivity contribution is 0.0455. The number of carbonyl (C=O) groups excluding carboxylic acids is 1. The van der Waals surface area contributed by atoms with E-state index in [2.05, 4.69) is 30.6 Å². The van der Waals surface area contributed by atoms with E-state index in [9.17, 15) is 9.90 Å². The molecule has 5 nitrogen and oxygen atoms in total. The van der Waals surface area contributed by atoms with Crippen molar-refractivity contribution in [2.24, 2.45) is 0 Å². The number of benzene rings is 1. The molecule has 0 aliphatic carbocycles. The minimum atomic E-state index is -0.500. The van der Waals surface area contributed by atoms with Gasteiger partial charge >= 0.3 is 5.97 Å². The van der Waals surface area contributed by atoms with Crippen LogP contribution in [-0.2, 0) is 11.3 Å². The van der Waals surface area contributed by atoms with Crippen LogP contribution in [-0.4, -0.2) is 59.7 Å². The molecule has 0 aromatic heterocycles. The molecule has 1 aromatic rings. The Morgan fingerprint density at radius 2 is 2.13 bits per heavy atom. The largest absolute Gasteiger partial charge is 0.507 e. The van der Waals surface area contributed by atoms with Crippen LogP contribution in [0.1, 0.15) is 43.1 Å². The first-order valence-electron chi connectivity index (χ1n) is 8.34. The minimum Gasteiger partial charge on any atom is -0.507 e. The van der Waals surface area contributed by atoms with Crippen LogP contribution < -0.4 is 0 Å². The van der Waals surface area contributed by atoms with E-state index in [0.717, 1.165) is 38.2 Å². The summed E-state index contributed by atoms with van der Waals surface area (Å²) < 4.78 is 4.72. The fourth-order valence-electron chi connectivity index (χ4n) is 3.33. The lowest BCUT2D eigenvalue weighted by Gasteiger charge is -2.43. The van der Waals surface area contributed by atoms with E-state index >= 15 is 0 Å². The smallest absolute Gasteiger partial charge is 0.341 e. The Labute approximate surface area is 138 Å². The Kier molecular flexibility index (Phi) is 6.02. The number of phenols is 1. The summed E-state index contributed by atoms with van der Waals surface area (Å²) in [7, 11) is 1.32. The van der Waals surface area contributed by atoms with Crippen LogP contribution in [0.2, 0.25) is 0 Å². The van der Waals surface area contributed by atoms with Gasteiger partial charge < -0.3 is 9.84 Å². The van der Waals surface area contributed by atoms with E-state index in [1.807, 2.05) is 6.07 Å². The number of hydrogen-bond donors (Lipinski definition) is 1.